The van der Waals surface area contributed by atoms with E-state index >= 15 is 0 Å². The predicted octanol–water partition coefficient (Wildman–Crippen LogP) is 2.94. The molecule has 0 fully saturated rings. The molecular weight excluding hydrogens is 344 g/mol. The zero-order chi connectivity index (χ0) is 17.5. The molecular formula is C16H18N4O2S2. The molecule has 2 aromatic heterocycles. The third-order valence-corrected chi connectivity index (χ3v) is 6.30. The van der Waals surface area contributed by atoms with Gasteiger partial charge in [-0.2, -0.15) is 9.61 Å². The number of aromatic nitrogens is 3. The summed E-state index contributed by atoms with van der Waals surface area (Å²) >= 11 is 1.29. The lowest BCUT2D eigenvalue weighted by Crippen LogP contribution is -2.06. The number of fused-ring (bicyclic) bond motifs is 1. The van der Waals surface area contributed by atoms with E-state index in [1.807, 2.05) is 26.2 Å². The second-order valence-corrected chi connectivity index (χ2v) is 8.10. The molecule has 3 aromatic rings. The number of nitrogens with one attached hydrogen (secondary N) is 1. The van der Waals surface area contributed by atoms with Gasteiger partial charge in [-0.25, -0.2) is 13.4 Å². The number of hydrogen-bond acceptors (Lipinski definition) is 6. The van der Waals surface area contributed by atoms with Crippen LogP contribution in [-0.2, 0) is 9.84 Å². The average Bonchev–Trinajstić information content (AvgIpc) is 2.93. The summed E-state index contributed by atoms with van der Waals surface area (Å²) in [7, 11) is -1.95. The molecule has 24 heavy (non-hydrogen) atoms. The van der Waals surface area contributed by atoms with E-state index < -0.39 is 9.84 Å². The Bertz CT molecular complexity index is 1010. The summed E-state index contributed by atoms with van der Waals surface area (Å²) in [4.78, 5) is 4.83. The molecule has 0 atom stereocenters. The van der Waals surface area contributed by atoms with Gasteiger partial charge in [0.2, 0.25) is 9.84 Å². The van der Waals surface area contributed by atoms with Crippen molar-refractivity contribution in [2.45, 2.75) is 28.7 Å². The molecule has 0 amide bonds. The lowest BCUT2D eigenvalue weighted by Gasteiger charge is -2.07. The van der Waals surface area contributed by atoms with E-state index in [1.54, 1.807) is 35.8 Å². The Labute approximate surface area is 145 Å². The van der Waals surface area contributed by atoms with Crippen molar-refractivity contribution in [1.29, 1.82) is 0 Å². The molecule has 0 aliphatic heterocycles. The third kappa shape index (κ3) is 2.65. The van der Waals surface area contributed by atoms with Crippen LogP contribution in [0.25, 0.3) is 5.65 Å². The highest BCUT2D eigenvalue weighted by molar-refractivity contribution is 7.99. The van der Waals surface area contributed by atoms with Crippen LogP contribution in [-0.4, -0.2) is 36.3 Å². The maximum absolute atomic E-state index is 13.2. The van der Waals surface area contributed by atoms with Crippen LogP contribution >= 0.6 is 11.8 Å². The van der Waals surface area contributed by atoms with Crippen LogP contribution in [0, 0.1) is 13.8 Å². The van der Waals surface area contributed by atoms with E-state index in [0.29, 0.717) is 16.5 Å². The zero-order valence-corrected chi connectivity index (χ0v) is 15.5. The number of nitrogens with zero attached hydrogens (tertiary/aromatic N) is 3. The Hall–Kier alpha value is -2.06. The lowest BCUT2D eigenvalue weighted by molar-refractivity contribution is 0.594. The number of anilines is 1. The van der Waals surface area contributed by atoms with Gasteiger partial charge in [0.15, 0.2) is 10.5 Å². The van der Waals surface area contributed by atoms with Crippen LogP contribution in [0.5, 0.6) is 0 Å². The average molecular weight is 362 g/mol. The molecule has 0 aliphatic rings. The number of thioether (sulfide) groups is 1. The van der Waals surface area contributed by atoms with E-state index in [1.165, 1.54) is 11.8 Å². The first-order valence-electron chi connectivity index (χ1n) is 7.32. The summed E-state index contributed by atoms with van der Waals surface area (Å²) in [6.07, 6.45) is 1.81. The molecule has 0 saturated carbocycles. The maximum Gasteiger partial charge on any atom is 0.213 e. The summed E-state index contributed by atoms with van der Waals surface area (Å²) in [6.45, 7) is 3.75. The van der Waals surface area contributed by atoms with Crippen LogP contribution in [0.15, 0.2) is 45.1 Å². The standard InChI is InChI=1S/C16H18N4O2S2/c1-10-5-7-12(8-6-10)24(21,22)14-15-18-11(2)9-13(17-3)20(15)19-16(14)23-4/h5-9,17H,1-4H3. The molecule has 1 N–H and O–H groups in total. The second kappa shape index (κ2) is 6.10. The Morgan fingerprint density at radius 1 is 1.17 bits per heavy atom. The van der Waals surface area contributed by atoms with Crippen molar-refractivity contribution < 1.29 is 8.42 Å². The molecule has 0 radical (unpaired) electrons. The van der Waals surface area contributed by atoms with Gasteiger partial charge < -0.3 is 5.32 Å². The first-order chi connectivity index (χ1) is 11.4. The number of sulfone groups is 1. The molecule has 0 aliphatic carbocycles. The van der Waals surface area contributed by atoms with Gasteiger partial charge in [-0.3, -0.25) is 0 Å². The van der Waals surface area contributed by atoms with Crippen molar-refractivity contribution in [2.24, 2.45) is 0 Å². The number of rotatable bonds is 4. The number of aryl methyl sites for hydroxylation is 2. The Morgan fingerprint density at radius 3 is 2.42 bits per heavy atom. The molecule has 3 rings (SSSR count). The summed E-state index contributed by atoms with van der Waals surface area (Å²) in [5.74, 6) is 0.693. The molecule has 0 saturated heterocycles. The first kappa shape index (κ1) is 16.8. The van der Waals surface area contributed by atoms with Crippen molar-refractivity contribution in [3.05, 3.63) is 41.6 Å². The van der Waals surface area contributed by atoms with Crippen molar-refractivity contribution in [2.75, 3.05) is 18.6 Å². The maximum atomic E-state index is 13.2. The largest absolute Gasteiger partial charge is 0.373 e. The highest BCUT2D eigenvalue weighted by Gasteiger charge is 2.29. The van der Waals surface area contributed by atoms with Gasteiger partial charge in [-0.15, -0.1) is 11.8 Å². The minimum absolute atomic E-state index is 0.152. The van der Waals surface area contributed by atoms with E-state index in [0.717, 1.165) is 11.3 Å². The van der Waals surface area contributed by atoms with Crippen LogP contribution in [0.4, 0.5) is 5.82 Å². The molecule has 0 spiro atoms. The van der Waals surface area contributed by atoms with E-state index in [4.69, 9.17) is 0 Å². The first-order valence-corrected chi connectivity index (χ1v) is 10.0. The fourth-order valence-electron chi connectivity index (χ4n) is 2.48. The quantitative estimate of drug-likeness (QED) is 0.719. The Kier molecular flexibility index (Phi) is 4.27. The monoisotopic (exact) mass is 362 g/mol. The highest BCUT2D eigenvalue weighted by Crippen LogP contribution is 2.33. The van der Waals surface area contributed by atoms with E-state index in [9.17, 15) is 8.42 Å². The molecule has 8 heteroatoms. The van der Waals surface area contributed by atoms with Gasteiger partial charge in [0.1, 0.15) is 10.8 Å². The fourth-order valence-corrected chi connectivity index (χ4v) is 4.87. The van der Waals surface area contributed by atoms with Gasteiger partial charge in [0.25, 0.3) is 0 Å². The van der Waals surface area contributed by atoms with Crippen molar-refractivity contribution >= 4 is 33.1 Å². The summed E-state index contributed by atoms with van der Waals surface area (Å²) in [5, 5.41) is 7.89. The van der Waals surface area contributed by atoms with Gasteiger partial charge in [0, 0.05) is 18.8 Å². The number of benzene rings is 1. The summed E-state index contributed by atoms with van der Waals surface area (Å²) in [6, 6.07) is 8.64. The van der Waals surface area contributed by atoms with Crippen LogP contribution in [0.3, 0.4) is 0 Å². The lowest BCUT2D eigenvalue weighted by atomic mass is 10.2. The van der Waals surface area contributed by atoms with Crippen molar-refractivity contribution in [3.63, 3.8) is 0 Å². The van der Waals surface area contributed by atoms with Crippen molar-refractivity contribution in [3.8, 4) is 0 Å². The predicted molar refractivity (Wildman–Crippen MR) is 95.7 cm³/mol. The third-order valence-electron chi connectivity index (χ3n) is 3.69. The normalized spacial score (nSPS) is 11.8. The smallest absolute Gasteiger partial charge is 0.213 e. The topological polar surface area (TPSA) is 76.4 Å². The molecule has 2 heterocycles. The minimum atomic E-state index is -3.72. The van der Waals surface area contributed by atoms with E-state index in [2.05, 4.69) is 15.4 Å². The van der Waals surface area contributed by atoms with Crippen LogP contribution < -0.4 is 5.32 Å². The highest BCUT2D eigenvalue weighted by atomic mass is 32.2. The minimum Gasteiger partial charge on any atom is -0.373 e. The SMILES string of the molecule is CNc1cc(C)nc2c(S(=O)(=O)c3ccc(C)cc3)c(SC)nn12. The molecule has 0 unspecified atom stereocenters. The zero-order valence-electron chi connectivity index (χ0n) is 13.9. The van der Waals surface area contributed by atoms with Crippen LogP contribution in [0.1, 0.15) is 11.3 Å². The van der Waals surface area contributed by atoms with Gasteiger partial charge in [-0.05, 0) is 32.2 Å². The Balaban J connectivity index is 2.36. The molecule has 0 bridgehead atoms. The number of hydrogen-bond donors (Lipinski definition) is 1. The van der Waals surface area contributed by atoms with Gasteiger partial charge in [0.05, 0.1) is 4.90 Å². The summed E-state index contributed by atoms with van der Waals surface area (Å²) in [5.41, 5.74) is 2.06. The van der Waals surface area contributed by atoms with E-state index in [-0.39, 0.29) is 9.79 Å². The molecule has 126 valence electrons. The summed E-state index contributed by atoms with van der Waals surface area (Å²) < 4.78 is 27.9. The van der Waals surface area contributed by atoms with Crippen LogP contribution in [0.2, 0.25) is 0 Å². The van der Waals surface area contributed by atoms with Gasteiger partial charge in [-0.1, -0.05) is 17.7 Å². The van der Waals surface area contributed by atoms with Crippen molar-refractivity contribution in [1.82, 2.24) is 14.6 Å². The molecule has 1 aromatic carbocycles. The Morgan fingerprint density at radius 2 is 1.83 bits per heavy atom. The molecule has 6 nitrogen and oxygen atoms in total. The second-order valence-electron chi connectivity index (χ2n) is 5.42. The van der Waals surface area contributed by atoms with Gasteiger partial charge >= 0.3 is 0 Å². The fraction of sp³-hybridized carbons (Fsp3) is 0.250.